The first-order valence-electron chi connectivity index (χ1n) is 9.35. The van der Waals surface area contributed by atoms with E-state index in [0.717, 1.165) is 49.2 Å². The van der Waals surface area contributed by atoms with Crippen molar-refractivity contribution >= 4 is 33.0 Å². The summed E-state index contributed by atoms with van der Waals surface area (Å²) in [7, 11) is -3.85. The Hall–Kier alpha value is -2.11. The molecule has 1 fully saturated rings. The highest BCUT2D eigenvalue weighted by Gasteiger charge is 2.30. The van der Waals surface area contributed by atoms with Crippen LogP contribution in [0.2, 0.25) is 0 Å². The van der Waals surface area contributed by atoms with Crippen LogP contribution in [0.1, 0.15) is 35.4 Å². The quantitative estimate of drug-likeness (QED) is 0.686. The summed E-state index contributed by atoms with van der Waals surface area (Å²) in [6, 6.07) is 6.69. The lowest BCUT2D eigenvalue weighted by molar-refractivity contribution is -0.153. The van der Waals surface area contributed by atoms with E-state index >= 15 is 0 Å². The number of carbonyl (C=O) groups excluding carboxylic acids is 1. The molecule has 3 rings (SSSR count). The second-order valence-electron chi connectivity index (χ2n) is 6.81. The molecule has 6 nitrogen and oxygen atoms in total. The van der Waals surface area contributed by atoms with Crippen LogP contribution in [0.15, 0.2) is 40.6 Å². The van der Waals surface area contributed by atoms with Crippen LogP contribution in [0.5, 0.6) is 5.75 Å². The van der Waals surface area contributed by atoms with Gasteiger partial charge in [-0.05, 0) is 42.5 Å². The predicted octanol–water partition coefficient (Wildman–Crippen LogP) is 4.51. The summed E-state index contributed by atoms with van der Waals surface area (Å²) in [6.45, 7) is -0.801. The number of amides is 1. The molecule has 1 aliphatic rings. The van der Waals surface area contributed by atoms with Crippen molar-refractivity contribution < 1.29 is 31.1 Å². The van der Waals surface area contributed by atoms with Crippen molar-refractivity contribution in [1.29, 1.82) is 0 Å². The van der Waals surface area contributed by atoms with Gasteiger partial charge in [0.05, 0.1) is 15.5 Å². The standard InChI is InChI=1S/C19H21F3N2O4S2/c20-19(21,22)13-28-16-8-7-14(30(26,27)24-9-3-1-2-4-10-24)12-15(16)23-18(25)17-6-5-11-29-17/h5-8,11-12H,1-4,9-10,13H2,(H,23,25). The molecule has 1 amide bonds. The molecule has 2 heterocycles. The average molecular weight is 463 g/mol. The molecule has 1 aliphatic heterocycles. The second kappa shape index (κ2) is 9.36. The fraction of sp³-hybridized carbons (Fsp3) is 0.421. The molecule has 0 bridgehead atoms. The van der Waals surface area contributed by atoms with E-state index in [1.54, 1.807) is 17.5 Å². The Balaban J connectivity index is 1.92. The monoisotopic (exact) mass is 462 g/mol. The van der Waals surface area contributed by atoms with Crippen molar-refractivity contribution in [2.24, 2.45) is 0 Å². The van der Waals surface area contributed by atoms with Gasteiger partial charge in [-0.2, -0.15) is 17.5 Å². The van der Waals surface area contributed by atoms with Crippen LogP contribution < -0.4 is 10.1 Å². The van der Waals surface area contributed by atoms with Gasteiger partial charge >= 0.3 is 6.18 Å². The summed E-state index contributed by atoms with van der Waals surface area (Å²) >= 11 is 1.15. The number of hydrogen-bond acceptors (Lipinski definition) is 5. The van der Waals surface area contributed by atoms with Gasteiger partial charge in [0.1, 0.15) is 5.75 Å². The minimum atomic E-state index is -4.58. The molecular formula is C19H21F3N2O4S2. The number of rotatable bonds is 6. The third kappa shape index (κ3) is 5.73. The van der Waals surface area contributed by atoms with Crippen molar-refractivity contribution in [3.63, 3.8) is 0 Å². The number of thiophene rings is 1. The fourth-order valence-electron chi connectivity index (χ4n) is 3.08. The van der Waals surface area contributed by atoms with Crippen LogP contribution in [0, 0.1) is 0 Å². The van der Waals surface area contributed by atoms with Crippen molar-refractivity contribution in [2.45, 2.75) is 36.8 Å². The number of nitrogens with one attached hydrogen (secondary N) is 1. The molecule has 11 heteroatoms. The molecule has 30 heavy (non-hydrogen) atoms. The highest BCUT2D eigenvalue weighted by molar-refractivity contribution is 7.89. The van der Waals surface area contributed by atoms with E-state index in [1.165, 1.54) is 10.4 Å². The van der Waals surface area contributed by atoms with E-state index in [2.05, 4.69) is 5.32 Å². The highest BCUT2D eigenvalue weighted by atomic mass is 32.2. The van der Waals surface area contributed by atoms with E-state index in [0.29, 0.717) is 18.0 Å². The number of carbonyl (C=O) groups is 1. The van der Waals surface area contributed by atoms with E-state index in [4.69, 9.17) is 4.74 Å². The first-order valence-corrected chi connectivity index (χ1v) is 11.7. The van der Waals surface area contributed by atoms with Crippen LogP contribution in [0.3, 0.4) is 0 Å². The lowest BCUT2D eigenvalue weighted by Crippen LogP contribution is -2.32. The number of ether oxygens (including phenoxy) is 1. The topological polar surface area (TPSA) is 75.7 Å². The van der Waals surface area contributed by atoms with Gasteiger partial charge in [0.2, 0.25) is 10.0 Å². The van der Waals surface area contributed by atoms with Crippen molar-refractivity contribution in [3.8, 4) is 5.75 Å². The van der Waals surface area contributed by atoms with Crippen LogP contribution >= 0.6 is 11.3 Å². The van der Waals surface area contributed by atoms with Gasteiger partial charge in [-0.1, -0.05) is 18.9 Å². The maximum absolute atomic E-state index is 13.0. The van der Waals surface area contributed by atoms with Gasteiger partial charge in [0, 0.05) is 13.1 Å². The smallest absolute Gasteiger partial charge is 0.422 e. The van der Waals surface area contributed by atoms with Gasteiger partial charge in [-0.15, -0.1) is 11.3 Å². The lowest BCUT2D eigenvalue weighted by Gasteiger charge is -2.21. The zero-order valence-electron chi connectivity index (χ0n) is 15.9. The summed E-state index contributed by atoms with van der Waals surface area (Å²) in [5.41, 5.74) is -0.131. The van der Waals surface area contributed by atoms with Gasteiger partial charge in [0.15, 0.2) is 6.61 Å². The Morgan fingerprint density at radius 2 is 1.83 bits per heavy atom. The van der Waals surface area contributed by atoms with Crippen LogP contribution in [-0.4, -0.2) is 44.5 Å². The molecular weight excluding hydrogens is 441 g/mol. The predicted molar refractivity (Wildman–Crippen MR) is 107 cm³/mol. The zero-order valence-corrected chi connectivity index (χ0v) is 17.6. The summed E-state index contributed by atoms with van der Waals surface area (Å²) in [5, 5.41) is 4.15. The van der Waals surface area contributed by atoms with Gasteiger partial charge in [-0.25, -0.2) is 8.42 Å². The van der Waals surface area contributed by atoms with Crippen molar-refractivity contribution in [2.75, 3.05) is 25.0 Å². The van der Waals surface area contributed by atoms with Crippen LogP contribution in [-0.2, 0) is 10.0 Å². The Kier molecular flexibility index (Phi) is 7.04. The van der Waals surface area contributed by atoms with E-state index in [-0.39, 0.29) is 16.3 Å². The molecule has 1 N–H and O–H groups in total. The third-order valence-electron chi connectivity index (χ3n) is 4.54. The largest absolute Gasteiger partial charge is 0.482 e. The van der Waals surface area contributed by atoms with Crippen LogP contribution in [0.4, 0.5) is 18.9 Å². The molecule has 0 spiro atoms. The summed E-state index contributed by atoms with van der Waals surface area (Å²) in [5.74, 6) is -0.821. The lowest BCUT2D eigenvalue weighted by atomic mass is 10.2. The molecule has 164 valence electrons. The summed E-state index contributed by atoms with van der Waals surface area (Å²) in [4.78, 5) is 12.6. The number of nitrogens with zero attached hydrogens (tertiary/aromatic N) is 1. The molecule has 1 aromatic heterocycles. The number of alkyl halides is 3. The van der Waals surface area contributed by atoms with E-state index in [9.17, 15) is 26.4 Å². The number of sulfonamides is 1. The van der Waals surface area contributed by atoms with Gasteiger partial charge in [0.25, 0.3) is 5.91 Å². The molecule has 1 aromatic carbocycles. The van der Waals surface area contributed by atoms with Crippen molar-refractivity contribution in [1.82, 2.24) is 4.31 Å². The number of hydrogen-bond donors (Lipinski definition) is 1. The maximum atomic E-state index is 13.0. The normalized spacial score (nSPS) is 16.1. The number of benzene rings is 1. The molecule has 0 radical (unpaired) electrons. The second-order valence-corrected chi connectivity index (χ2v) is 9.70. The first-order chi connectivity index (χ1) is 14.2. The Bertz CT molecular complexity index is 968. The third-order valence-corrected chi connectivity index (χ3v) is 7.30. The molecule has 0 unspecified atom stereocenters. The number of halogens is 3. The summed E-state index contributed by atoms with van der Waals surface area (Å²) < 4.78 is 70.0. The minimum Gasteiger partial charge on any atom is -0.482 e. The minimum absolute atomic E-state index is 0.106. The van der Waals surface area contributed by atoms with Crippen molar-refractivity contribution in [3.05, 3.63) is 40.6 Å². The van der Waals surface area contributed by atoms with Gasteiger partial charge < -0.3 is 10.1 Å². The SMILES string of the molecule is O=C(Nc1cc(S(=O)(=O)N2CCCCCC2)ccc1OCC(F)(F)F)c1cccs1. The molecule has 0 atom stereocenters. The first kappa shape index (κ1) is 22.6. The molecule has 0 saturated carbocycles. The molecule has 0 aliphatic carbocycles. The maximum Gasteiger partial charge on any atom is 0.422 e. The Labute approximate surface area is 176 Å². The molecule has 1 saturated heterocycles. The summed E-state index contributed by atoms with van der Waals surface area (Å²) in [6.07, 6.45) is -1.20. The van der Waals surface area contributed by atoms with Crippen LogP contribution in [0.25, 0.3) is 0 Å². The van der Waals surface area contributed by atoms with E-state index in [1.807, 2.05) is 0 Å². The highest BCUT2D eigenvalue weighted by Crippen LogP contribution is 2.32. The molecule has 2 aromatic rings. The van der Waals surface area contributed by atoms with Gasteiger partial charge in [-0.3, -0.25) is 4.79 Å². The fourth-order valence-corrected chi connectivity index (χ4v) is 5.24. The Morgan fingerprint density at radius 3 is 2.43 bits per heavy atom. The Morgan fingerprint density at radius 1 is 1.13 bits per heavy atom. The zero-order chi connectivity index (χ0) is 21.8. The average Bonchev–Trinajstić information content (AvgIpc) is 3.08. The number of anilines is 1. The van der Waals surface area contributed by atoms with E-state index < -0.39 is 28.7 Å².